The van der Waals surface area contributed by atoms with E-state index >= 15 is 0 Å². The van der Waals surface area contributed by atoms with Gasteiger partial charge in [-0.15, -0.1) is 10.4 Å². The van der Waals surface area contributed by atoms with Crippen LogP contribution in [0.2, 0.25) is 0 Å². The van der Waals surface area contributed by atoms with Crippen LogP contribution < -0.4 is 15.5 Å². The molecule has 0 radical (unpaired) electrons. The van der Waals surface area contributed by atoms with E-state index in [1.54, 1.807) is 19.1 Å². The molecule has 0 aliphatic carbocycles. The number of carbonyl (C=O) groups is 2. The van der Waals surface area contributed by atoms with Crippen LogP contribution in [0.4, 0.5) is 0 Å². The molecule has 238 valence electrons. The monoisotopic (exact) mass is 617 g/mol. The summed E-state index contributed by atoms with van der Waals surface area (Å²) < 4.78 is 31.9. The van der Waals surface area contributed by atoms with Crippen LogP contribution in [-0.2, 0) is 25.8 Å². The van der Waals surface area contributed by atoms with Gasteiger partial charge in [0.15, 0.2) is 16.4 Å². The molecule has 0 aromatic heterocycles. The highest BCUT2D eigenvalue weighted by molar-refractivity contribution is 7.91. The van der Waals surface area contributed by atoms with Crippen molar-refractivity contribution in [2.75, 3.05) is 26.0 Å². The fourth-order valence-electron chi connectivity index (χ4n) is 5.58. The summed E-state index contributed by atoms with van der Waals surface area (Å²) in [6.45, 7) is 8.10. The van der Waals surface area contributed by atoms with E-state index in [1.807, 2.05) is 51.1 Å². The Balaban J connectivity index is 1.99. The first-order valence-corrected chi connectivity index (χ1v) is 17.0. The van der Waals surface area contributed by atoms with Crippen molar-refractivity contribution in [1.29, 1.82) is 0 Å². The van der Waals surface area contributed by atoms with E-state index in [4.69, 9.17) is 4.74 Å². The number of hydrogen-bond donors (Lipinski definition) is 3. The Labute approximate surface area is 256 Å². The second-order valence-corrected chi connectivity index (χ2v) is 13.8. The van der Waals surface area contributed by atoms with Crippen LogP contribution in [0.25, 0.3) is 0 Å². The largest absolute Gasteiger partial charge is 0.497 e. The number of nitrogens with zero attached hydrogens (tertiary/aromatic N) is 2. The molecular formula is C32H49N4O6S+. The summed E-state index contributed by atoms with van der Waals surface area (Å²) in [7, 11) is -2.24. The number of hydroxylamine groups is 1. The van der Waals surface area contributed by atoms with Gasteiger partial charge in [-0.3, -0.25) is 9.59 Å². The van der Waals surface area contributed by atoms with Crippen molar-refractivity contribution < 1.29 is 32.8 Å². The molecule has 3 rings (SSSR count). The van der Waals surface area contributed by atoms with Gasteiger partial charge in [0.05, 0.1) is 29.8 Å². The third kappa shape index (κ3) is 9.50. The lowest BCUT2D eigenvalue weighted by Gasteiger charge is -2.43. The molecule has 5 atom stereocenters. The molecule has 1 fully saturated rings. The molecule has 43 heavy (non-hydrogen) atoms. The van der Waals surface area contributed by atoms with Gasteiger partial charge in [-0.05, 0) is 68.0 Å². The first-order valence-electron chi connectivity index (χ1n) is 15.3. The lowest BCUT2D eigenvalue weighted by Crippen LogP contribution is -2.73. The number of nitrogens with one attached hydrogen (secondary N) is 2. The molecule has 0 spiro atoms. The van der Waals surface area contributed by atoms with Gasteiger partial charge in [-0.25, -0.2) is 8.42 Å². The highest BCUT2D eigenvalue weighted by atomic mass is 32.2. The molecule has 1 aliphatic rings. The third-order valence-electron chi connectivity index (χ3n) is 8.12. The molecular weight excluding hydrogens is 568 g/mol. The Morgan fingerprint density at radius 3 is 2.30 bits per heavy atom. The molecule has 1 saturated heterocycles. The number of amides is 2. The molecule has 2 amide bonds. The normalized spacial score (nSPS) is 18.7. The fourth-order valence-corrected chi connectivity index (χ4v) is 7.17. The maximum absolute atomic E-state index is 14.1. The minimum atomic E-state index is -3.75. The quantitative estimate of drug-likeness (QED) is 0.190. The molecule has 2 aromatic rings. The van der Waals surface area contributed by atoms with Crippen LogP contribution in [0, 0.1) is 11.8 Å². The van der Waals surface area contributed by atoms with Crippen LogP contribution >= 0.6 is 0 Å². The zero-order valence-corrected chi connectivity index (χ0v) is 27.0. The Bertz CT molecular complexity index is 1280. The Hall–Kier alpha value is -2.99. The lowest BCUT2D eigenvalue weighted by atomic mass is 10.0. The van der Waals surface area contributed by atoms with Gasteiger partial charge in [0, 0.05) is 17.2 Å². The summed E-state index contributed by atoms with van der Waals surface area (Å²) in [5.41, 5.74) is 3.75. The van der Waals surface area contributed by atoms with Gasteiger partial charge < -0.3 is 10.1 Å². The summed E-state index contributed by atoms with van der Waals surface area (Å²) in [5, 5.41) is 16.9. The molecule has 1 heterocycles. The number of methoxy groups -OCH3 is 1. The van der Waals surface area contributed by atoms with E-state index in [0.29, 0.717) is 31.6 Å². The second-order valence-electron chi connectivity index (χ2n) is 11.8. The zero-order valence-electron chi connectivity index (χ0n) is 26.2. The van der Waals surface area contributed by atoms with Gasteiger partial charge in [-0.2, -0.15) is 5.21 Å². The molecule has 11 heteroatoms. The first kappa shape index (κ1) is 34.5. The van der Waals surface area contributed by atoms with Crippen molar-refractivity contribution in [3.63, 3.8) is 0 Å². The average Bonchev–Trinajstić information content (AvgIpc) is 3.52. The molecule has 1 aliphatic heterocycles. The second kappa shape index (κ2) is 15.7. The first-order chi connectivity index (χ1) is 20.4. The Morgan fingerprint density at radius 1 is 1.07 bits per heavy atom. The minimum absolute atomic E-state index is 0.0535. The standard InChI is InChI=1S/C32H48N4O6S/c1-6-24(3)20-31(37)35(27(7-2)21-26-12-9-8-10-13-26)36(39,34-32(38)30-14-11-19-33-30)22-25(4)23-43(40,41)29-17-15-28(42-5)16-18-29/h8-10,12-13,15-18,24-25,27,30,33,39H,6-7,11,14,19-23H2,1-5H3/p+1/t24-,25+,27?,30?,36?/m0/s1. The van der Waals surface area contributed by atoms with Gasteiger partial charge in [0.25, 0.3) is 11.8 Å². The van der Waals surface area contributed by atoms with Crippen LogP contribution in [0.1, 0.15) is 65.4 Å². The maximum Gasteiger partial charge on any atom is 0.287 e. The predicted octanol–water partition coefficient (Wildman–Crippen LogP) is 4.30. The van der Waals surface area contributed by atoms with Crippen molar-refractivity contribution in [3.05, 3.63) is 60.2 Å². The van der Waals surface area contributed by atoms with E-state index in [1.165, 1.54) is 24.3 Å². The molecule has 2 aromatic carbocycles. The van der Waals surface area contributed by atoms with Gasteiger partial charge in [0.1, 0.15) is 5.75 Å². The predicted molar refractivity (Wildman–Crippen MR) is 165 cm³/mol. The average molecular weight is 618 g/mol. The third-order valence-corrected chi connectivity index (χ3v) is 10.1. The van der Waals surface area contributed by atoms with Crippen molar-refractivity contribution in [2.45, 2.75) is 83.2 Å². The summed E-state index contributed by atoms with van der Waals surface area (Å²) in [4.78, 5) is 26.5. The number of sulfone groups is 1. The van der Waals surface area contributed by atoms with Gasteiger partial charge in [-0.1, -0.05) is 64.4 Å². The number of rotatable bonds is 16. The highest BCUT2D eigenvalue weighted by Crippen LogP contribution is 2.25. The highest BCUT2D eigenvalue weighted by Gasteiger charge is 2.47. The van der Waals surface area contributed by atoms with Gasteiger partial charge >= 0.3 is 0 Å². The van der Waals surface area contributed by atoms with Crippen LogP contribution in [0.15, 0.2) is 59.5 Å². The van der Waals surface area contributed by atoms with Gasteiger partial charge in [0.2, 0.25) is 0 Å². The topological polar surface area (TPSA) is 125 Å². The van der Waals surface area contributed by atoms with Crippen LogP contribution in [0.3, 0.4) is 0 Å². The summed E-state index contributed by atoms with van der Waals surface area (Å²) >= 11 is 0. The lowest BCUT2D eigenvalue weighted by molar-refractivity contribution is -1.21. The maximum atomic E-state index is 14.1. The van der Waals surface area contributed by atoms with Crippen molar-refractivity contribution in [1.82, 2.24) is 15.8 Å². The zero-order chi connectivity index (χ0) is 31.6. The number of carbonyl (C=O) groups excluding carboxylic acids is 2. The number of quaternary nitrogens is 1. The summed E-state index contributed by atoms with van der Waals surface area (Å²) in [5.74, 6) is -1.06. The smallest absolute Gasteiger partial charge is 0.287 e. The summed E-state index contributed by atoms with van der Waals surface area (Å²) in [6, 6.07) is 14.9. The Morgan fingerprint density at radius 2 is 1.74 bits per heavy atom. The van der Waals surface area contributed by atoms with Crippen molar-refractivity contribution in [3.8, 4) is 5.75 Å². The molecule has 10 nitrogen and oxygen atoms in total. The number of ether oxygens (including phenoxy) is 1. The number of benzene rings is 2. The SMILES string of the molecule is CCC(Cc1ccccc1)N(C(=O)C[C@@H](C)CC)[N+](O)(C[C@@H](C)CS(=O)(=O)c1ccc(OC)cc1)NC(=O)C1CCCN1. The molecule has 3 unspecified atom stereocenters. The molecule has 0 saturated carbocycles. The Kier molecular flexibility index (Phi) is 12.6. The molecule has 3 N–H and O–H groups in total. The van der Waals surface area contributed by atoms with E-state index in [9.17, 15) is 23.2 Å². The van der Waals surface area contributed by atoms with E-state index in [0.717, 1.165) is 18.4 Å². The van der Waals surface area contributed by atoms with Crippen LogP contribution in [-0.4, -0.2) is 73.3 Å². The molecule has 0 bridgehead atoms. The van der Waals surface area contributed by atoms with E-state index in [2.05, 4.69) is 10.7 Å². The van der Waals surface area contributed by atoms with E-state index in [-0.39, 0.29) is 35.4 Å². The van der Waals surface area contributed by atoms with Crippen molar-refractivity contribution >= 4 is 21.7 Å². The van der Waals surface area contributed by atoms with E-state index < -0.39 is 38.6 Å². The minimum Gasteiger partial charge on any atom is -0.497 e. The number of hydrogen-bond acceptors (Lipinski definition) is 7. The van der Waals surface area contributed by atoms with Crippen LogP contribution in [0.5, 0.6) is 5.75 Å². The summed E-state index contributed by atoms with van der Waals surface area (Å²) in [6.07, 6.45) is 3.35. The fraction of sp³-hybridized carbons (Fsp3) is 0.562. The van der Waals surface area contributed by atoms with Crippen molar-refractivity contribution in [2.24, 2.45) is 11.8 Å².